The van der Waals surface area contributed by atoms with Gasteiger partial charge in [-0.05, 0) is 24.1 Å². The lowest BCUT2D eigenvalue weighted by molar-refractivity contribution is 0.0796. The molecule has 0 aliphatic carbocycles. The van der Waals surface area contributed by atoms with Crippen LogP contribution in [0.2, 0.25) is 0 Å². The molecule has 0 radical (unpaired) electrons. The summed E-state index contributed by atoms with van der Waals surface area (Å²) in [7, 11) is 1.76. The number of nitriles is 1. The molecule has 0 aliphatic rings. The summed E-state index contributed by atoms with van der Waals surface area (Å²) >= 11 is 0. The van der Waals surface area contributed by atoms with E-state index < -0.39 is 0 Å². The molecule has 0 bridgehead atoms. The molecular formula is C17H16N2O. The first-order valence-electron chi connectivity index (χ1n) is 6.51. The predicted octanol–water partition coefficient (Wildman–Crippen LogP) is 2.87. The third kappa shape index (κ3) is 3.24. The highest BCUT2D eigenvalue weighted by Crippen LogP contribution is 2.10. The summed E-state index contributed by atoms with van der Waals surface area (Å²) in [5.41, 5.74) is 2.08. The number of carbonyl (C=O) groups is 1. The zero-order valence-corrected chi connectivity index (χ0v) is 11.4. The lowest BCUT2D eigenvalue weighted by atomic mass is 10.1. The number of nitrogens with zero attached hydrogens (tertiary/aromatic N) is 2. The summed E-state index contributed by atoms with van der Waals surface area (Å²) in [6, 6.07) is 19.0. The summed E-state index contributed by atoms with van der Waals surface area (Å²) in [5.74, 6) is -0.113. The van der Waals surface area contributed by atoms with Crippen LogP contribution in [0, 0.1) is 11.3 Å². The topological polar surface area (TPSA) is 44.1 Å². The van der Waals surface area contributed by atoms with Gasteiger partial charge >= 0.3 is 0 Å². The van der Waals surface area contributed by atoms with E-state index in [1.165, 1.54) is 5.56 Å². The molecule has 0 unspecified atom stereocenters. The van der Waals surface area contributed by atoms with Gasteiger partial charge in [0, 0.05) is 13.6 Å². The van der Waals surface area contributed by atoms with Crippen LogP contribution in [-0.4, -0.2) is 24.4 Å². The van der Waals surface area contributed by atoms with Gasteiger partial charge in [-0.3, -0.25) is 4.79 Å². The van der Waals surface area contributed by atoms with Crippen molar-refractivity contribution in [3.05, 3.63) is 71.3 Å². The minimum atomic E-state index is -0.113. The average Bonchev–Trinajstić information content (AvgIpc) is 2.52. The van der Waals surface area contributed by atoms with Gasteiger partial charge in [-0.1, -0.05) is 42.5 Å². The third-order valence-corrected chi connectivity index (χ3v) is 3.20. The fraction of sp³-hybridized carbons (Fsp3) is 0.176. The van der Waals surface area contributed by atoms with Gasteiger partial charge < -0.3 is 4.90 Å². The molecule has 0 saturated carbocycles. The Labute approximate surface area is 119 Å². The fourth-order valence-electron chi connectivity index (χ4n) is 2.02. The van der Waals surface area contributed by atoms with Crippen LogP contribution in [0.3, 0.4) is 0 Å². The average molecular weight is 264 g/mol. The molecule has 2 aromatic carbocycles. The number of hydrogen-bond acceptors (Lipinski definition) is 2. The van der Waals surface area contributed by atoms with E-state index in [0.717, 1.165) is 6.42 Å². The number of amides is 1. The lowest BCUT2D eigenvalue weighted by Crippen LogP contribution is -2.29. The van der Waals surface area contributed by atoms with Crippen molar-refractivity contribution in [2.75, 3.05) is 13.6 Å². The SMILES string of the molecule is CN(CCc1ccccc1)C(=O)c1ccccc1C#N. The van der Waals surface area contributed by atoms with E-state index >= 15 is 0 Å². The zero-order valence-electron chi connectivity index (χ0n) is 11.4. The molecule has 20 heavy (non-hydrogen) atoms. The summed E-state index contributed by atoms with van der Waals surface area (Å²) in [6.07, 6.45) is 0.803. The highest BCUT2D eigenvalue weighted by molar-refractivity contribution is 5.96. The molecule has 2 aromatic rings. The Morgan fingerprint density at radius 3 is 2.45 bits per heavy atom. The molecule has 0 spiro atoms. The third-order valence-electron chi connectivity index (χ3n) is 3.20. The van der Waals surface area contributed by atoms with E-state index in [1.807, 2.05) is 30.3 Å². The smallest absolute Gasteiger partial charge is 0.254 e. The maximum atomic E-state index is 12.3. The molecule has 3 heteroatoms. The van der Waals surface area contributed by atoms with Crippen LogP contribution in [0.4, 0.5) is 0 Å². The number of hydrogen-bond donors (Lipinski definition) is 0. The van der Waals surface area contributed by atoms with Crippen molar-refractivity contribution in [2.24, 2.45) is 0 Å². The molecule has 0 atom stereocenters. The molecular weight excluding hydrogens is 248 g/mol. The highest BCUT2D eigenvalue weighted by atomic mass is 16.2. The molecule has 100 valence electrons. The van der Waals surface area contributed by atoms with Gasteiger partial charge in [0.2, 0.25) is 0 Å². The van der Waals surface area contributed by atoms with Crippen molar-refractivity contribution in [2.45, 2.75) is 6.42 Å². The predicted molar refractivity (Wildman–Crippen MR) is 78.3 cm³/mol. The van der Waals surface area contributed by atoms with Gasteiger partial charge in [-0.15, -0.1) is 0 Å². The molecule has 1 amide bonds. The minimum absolute atomic E-state index is 0.113. The largest absolute Gasteiger partial charge is 0.341 e. The maximum absolute atomic E-state index is 12.3. The van der Waals surface area contributed by atoms with E-state index in [2.05, 4.69) is 6.07 Å². The number of carbonyl (C=O) groups excluding carboxylic acids is 1. The quantitative estimate of drug-likeness (QED) is 0.852. The second kappa shape index (κ2) is 6.53. The second-order valence-electron chi connectivity index (χ2n) is 4.62. The number of likely N-dealkylation sites (N-methyl/N-ethyl adjacent to an activating group) is 1. The fourth-order valence-corrected chi connectivity index (χ4v) is 2.02. The Bertz CT molecular complexity index is 629. The number of benzene rings is 2. The van der Waals surface area contributed by atoms with Gasteiger partial charge in [0.25, 0.3) is 5.91 Å². The summed E-state index contributed by atoms with van der Waals surface area (Å²) in [5, 5.41) is 9.04. The van der Waals surface area contributed by atoms with Crippen LogP contribution < -0.4 is 0 Å². The molecule has 0 aliphatic heterocycles. The first-order chi connectivity index (χ1) is 9.72. The van der Waals surface area contributed by atoms with E-state index in [-0.39, 0.29) is 5.91 Å². The Morgan fingerprint density at radius 2 is 1.75 bits per heavy atom. The first kappa shape index (κ1) is 13.8. The monoisotopic (exact) mass is 264 g/mol. The van der Waals surface area contributed by atoms with Crippen LogP contribution in [0.5, 0.6) is 0 Å². The van der Waals surface area contributed by atoms with Crippen LogP contribution >= 0.6 is 0 Å². The molecule has 0 fully saturated rings. The van der Waals surface area contributed by atoms with Gasteiger partial charge in [0.1, 0.15) is 0 Å². The van der Waals surface area contributed by atoms with Gasteiger partial charge in [-0.2, -0.15) is 5.26 Å². The van der Waals surface area contributed by atoms with Crippen LogP contribution in [0.1, 0.15) is 21.5 Å². The standard InChI is InChI=1S/C17H16N2O/c1-19(12-11-14-7-3-2-4-8-14)17(20)16-10-6-5-9-15(16)13-18/h2-10H,11-12H2,1H3. The maximum Gasteiger partial charge on any atom is 0.254 e. The van der Waals surface area contributed by atoms with Gasteiger partial charge in [0.15, 0.2) is 0 Å². The molecule has 0 N–H and O–H groups in total. The van der Waals surface area contributed by atoms with Gasteiger partial charge in [0.05, 0.1) is 17.2 Å². The van der Waals surface area contributed by atoms with E-state index in [1.54, 1.807) is 36.2 Å². The Kier molecular flexibility index (Phi) is 4.52. The number of rotatable bonds is 4. The summed E-state index contributed by atoms with van der Waals surface area (Å²) < 4.78 is 0. The highest BCUT2D eigenvalue weighted by Gasteiger charge is 2.14. The van der Waals surface area contributed by atoms with Crippen LogP contribution in [-0.2, 0) is 6.42 Å². The summed E-state index contributed by atoms with van der Waals surface area (Å²) in [4.78, 5) is 14.0. The van der Waals surface area contributed by atoms with Crippen LogP contribution in [0.15, 0.2) is 54.6 Å². The first-order valence-corrected chi connectivity index (χ1v) is 6.51. The zero-order chi connectivity index (χ0) is 14.4. The molecule has 0 aromatic heterocycles. The lowest BCUT2D eigenvalue weighted by Gasteiger charge is -2.17. The van der Waals surface area contributed by atoms with E-state index in [4.69, 9.17) is 5.26 Å². The Morgan fingerprint density at radius 1 is 1.10 bits per heavy atom. The Hall–Kier alpha value is -2.60. The molecule has 3 nitrogen and oxygen atoms in total. The van der Waals surface area contributed by atoms with E-state index in [0.29, 0.717) is 17.7 Å². The minimum Gasteiger partial charge on any atom is -0.341 e. The Balaban J connectivity index is 2.04. The van der Waals surface area contributed by atoms with Gasteiger partial charge in [-0.25, -0.2) is 0 Å². The second-order valence-corrected chi connectivity index (χ2v) is 4.62. The van der Waals surface area contributed by atoms with Crippen molar-refractivity contribution in [3.8, 4) is 6.07 Å². The normalized spacial score (nSPS) is 9.80. The van der Waals surface area contributed by atoms with Crippen molar-refractivity contribution < 1.29 is 4.79 Å². The van der Waals surface area contributed by atoms with Crippen molar-refractivity contribution in [1.29, 1.82) is 5.26 Å². The van der Waals surface area contributed by atoms with Crippen molar-refractivity contribution >= 4 is 5.91 Å². The molecule has 2 rings (SSSR count). The summed E-state index contributed by atoms with van der Waals surface area (Å²) in [6.45, 7) is 0.628. The molecule has 0 heterocycles. The molecule has 0 saturated heterocycles. The van der Waals surface area contributed by atoms with Crippen molar-refractivity contribution in [3.63, 3.8) is 0 Å². The van der Waals surface area contributed by atoms with Crippen LogP contribution in [0.25, 0.3) is 0 Å². The van der Waals surface area contributed by atoms with E-state index in [9.17, 15) is 4.79 Å². The van der Waals surface area contributed by atoms with Crippen molar-refractivity contribution in [1.82, 2.24) is 4.90 Å².